The van der Waals surface area contributed by atoms with Crippen LogP contribution in [0.4, 0.5) is 0 Å². The van der Waals surface area contributed by atoms with Crippen LogP contribution >= 0.6 is 23.1 Å². The van der Waals surface area contributed by atoms with Gasteiger partial charge in [-0.1, -0.05) is 78.4 Å². The molecule has 0 saturated heterocycles. The molecular formula is C32H20N4S2. The lowest BCUT2D eigenvalue weighted by Gasteiger charge is -2.13. The number of thiophene rings is 1. The maximum Gasteiger partial charge on any atom is 0.148 e. The fourth-order valence-corrected chi connectivity index (χ4v) is 6.84. The van der Waals surface area contributed by atoms with Crippen LogP contribution in [0.25, 0.3) is 71.1 Å². The van der Waals surface area contributed by atoms with Crippen LogP contribution in [0.15, 0.2) is 102 Å². The summed E-state index contributed by atoms with van der Waals surface area (Å²) in [6, 6.07) is 34.4. The molecule has 8 aromatic rings. The van der Waals surface area contributed by atoms with E-state index in [1.54, 1.807) is 11.3 Å². The zero-order valence-corrected chi connectivity index (χ0v) is 22.1. The van der Waals surface area contributed by atoms with Crippen molar-refractivity contribution in [2.75, 3.05) is 0 Å². The predicted octanol–water partition coefficient (Wildman–Crippen LogP) is 9.04. The van der Waals surface area contributed by atoms with Gasteiger partial charge in [0.25, 0.3) is 0 Å². The topological polar surface area (TPSA) is 43.6 Å². The Hall–Kier alpha value is -4.39. The van der Waals surface area contributed by atoms with E-state index in [9.17, 15) is 0 Å². The molecule has 0 bridgehead atoms. The zero-order valence-electron chi connectivity index (χ0n) is 20.4. The number of aromatic nitrogens is 4. The van der Waals surface area contributed by atoms with Crippen LogP contribution in [0.5, 0.6) is 0 Å². The third-order valence-corrected chi connectivity index (χ3v) is 8.70. The van der Waals surface area contributed by atoms with Crippen molar-refractivity contribution < 1.29 is 0 Å². The van der Waals surface area contributed by atoms with Crippen LogP contribution in [0, 0.1) is 6.92 Å². The van der Waals surface area contributed by atoms with Crippen molar-refractivity contribution in [3.05, 3.63) is 108 Å². The Labute approximate surface area is 226 Å². The molecule has 0 atom stereocenters. The monoisotopic (exact) mass is 524 g/mol. The van der Waals surface area contributed by atoms with E-state index in [1.807, 2.05) is 0 Å². The Balaban J connectivity index is 1.55. The summed E-state index contributed by atoms with van der Waals surface area (Å²) in [5.74, 6) is 0.876. The molecule has 3 heterocycles. The van der Waals surface area contributed by atoms with E-state index in [2.05, 4.69) is 114 Å². The highest BCUT2D eigenvalue weighted by Crippen LogP contribution is 2.41. The van der Waals surface area contributed by atoms with Gasteiger partial charge >= 0.3 is 0 Å². The minimum Gasteiger partial charge on any atom is -0.292 e. The molecule has 0 aliphatic heterocycles. The van der Waals surface area contributed by atoms with Crippen molar-refractivity contribution in [2.45, 2.75) is 6.92 Å². The average molecular weight is 525 g/mol. The minimum atomic E-state index is 0.876. The summed E-state index contributed by atoms with van der Waals surface area (Å²) < 4.78 is 11.8. The summed E-state index contributed by atoms with van der Waals surface area (Å²) in [6.07, 6.45) is 0. The molecule has 0 saturated carbocycles. The van der Waals surface area contributed by atoms with Gasteiger partial charge in [-0.3, -0.25) is 4.57 Å². The van der Waals surface area contributed by atoms with Crippen molar-refractivity contribution in [1.29, 1.82) is 0 Å². The second-order valence-electron chi connectivity index (χ2n) is 9.49. The number of nitrogens with zero attached hydrogens (tertiary/aromatic N) is 4. The molecule has 38 heavy (non-hydrogen) atoms. The lowest BCUT2D eigenvalue weighted by molar-refractivity contribution is 1.11. The molecule has 180 valence electrons. The third-order valence-electron chi connectivity index (χ3n) is 7.27. The van der Waals surface area contributed by atoms with Gasteiger partial charge in [-0.25, -0.2) is 4.98 Å². The molecule has 6 heteroatoms. The zero-order chi connectivity index (χ0) is 25.2. The first kappa shape index (κ1) is 21.7. The Morgan fingerprint density at radius 1 is 0.605 bits per heavy atom. The lowest BCUT2D eigenvalue weighted by atomic mass is 10.00. The average Bonchev–Trinajstić information content (AvgIpc) is 3.74. The number of hydrogen-bond acceptors (Lipinski definition) is 5. The third kappa shape index (κ3) is 3.11. The first-order valence-electron chi connectivity index (χ1n) is 12.5. The molecule has 4 nitrogen and oxygen atoms in total. The molecule has 0 unspecified atom stereocenters. The minimum absolute atomic E-state index is 0.876. The van der Waals surface area contributed by atoms with Crippen LogP contribution in [0.2, 0.25) is 0 Å². The highest BCUT2D eigenvalue weighted by Gasteiger charge is 2.23. The van der Waals surface area contributed by atoms with Crippen LogP contribution in [0.1, 0.15) is 5.56 Å². The van der Waals surface area contributed by atoms with Crippen LogP contribution < -0.4 is 0 Å². The number of aryl methyl sites for hydroxylation is 1. The van der Waals surface area contributed by atoms with Crippen molar-refractivity contribution in [2.24, 2.45) is 0 Å². The molecule has 0 aliphatic rings. The SMILES string of the molecule is Cc1ccc(-n2c(-c3ccc(-c4cccs4)c4nsnc34)nc3c4ccccc4c4ccccc4c32)cc1. The molecule has 0 fully saturated rings. The largest absolute Gasteiger partial charge is 0.292 e. The molecule has 0 aliphatic carbocycles. The van der Waals surface area contributed by atoms with Gasteiger partial charge in [0, 0.05) is 32.5 Å². The van der Waals surface area contributed by atoms with E-state index < -0.39 is 0 Å². The van der Waals surface area contributed by atoms with Crippen LogP contribution in [0.3, 0.4) is 0 Å². The van der Waals surface area contributed by atoms with Gasteiger partial charge in [0.1, 0.15) is 16.9 Å². The molecule has 0 spiro atoms. The van der Waals surface area contributed by atoms with E-state index in [1.165, 1.54) is 38.3 Å². The van der Waals surface area contributed by atoms with Gasteiger partial charge in [-0.15, -0.1) is 11.3 Å². The second kappa shape index (κ2) is 8.31. The molecule has 0 N–H and O–H groups in total. The molecule has 5 aromatic carbocycles. The fourth-order valence-electron chi connectivity index (χ4n) is 5.51. The Bertz CT molecular complexity index is 2140. The summed E-state index contributed by atoms with van der Waals surface area (Å²) in [4.78, 5) is 6.58. The number of fused-ring (bicyclic) bond motifs is 7. The number of benzene rings is 5. The van der Waals surface area contributed by atoms with Crippen molar-refractivity contribution in [3.8, 4) is 27.5 Å². The fraction of sp³-hybridized carbons (Fsp3) is 0.0312. The second-order valence-corrected chi connectivity index (χ2v) is 11.0. The number of hydrogen-bond donors (Lipinski definition) is 0. The predicted molar refractivity (Wildman–Crippen MR) is 161 cm³/mol. The van der Waals surface area contributed by atoms with Crippen LogP contribution in [-0.4, -0.2) is 18.3 Å². The van der Waals surface area contributed by atoms with Crippen molar-refractivity contribution >= 4 is 66.7 Å². The quantitative estimate of drug-likeness (QED) is 0.217. The summed E-state index contributed by atoms with van der Waals surface area (Å²) in [7, 11) is 0. The summed E-state index contributed by atoms with van der Waals surface area (Å²) in [5.41, 5.74) is 8.31. The maximum atomic E-state index is 5.38. The molecule has 0 radical (unpaired) electrons. The molecule has 3 aromatic heterocycles. The maximum absolute atomic E-state index is 5.38. The van der Waals surface area contributed by atoms with Crippen molar-refractivity contribution in [1.82, 2.24) is 18.3 Å². The normalized spacial score (nSPS) is 11.8. The Morgan fingerprint density at radius 2 is 1.26 bits per heavy atom. The lowest BCUT2D eigenvalue weighted by Crippen LogP contribution is -1.99. The van der Waals surface area contributed by atoms with E-state index in [-0.39, 0.29) is 0 Å². The highest BCUT2D eigenvalue weighted by atomic mass is 32.1. The summed E-state index contributed by atoms with van der Waals surface area (Å²) in [6.45, 7) is 2.12. The molecule has 8 rings (SSSR count). The first-order chi connectivity index (χ1) is 18.8. The van der Waals surface area contributed by atoms with Gasteiger partial charge in [0.2, 0.25) is 0 Å². The molecule has 0 amide bonds. The van der Waals surface area contributed by atoms with E-state index in [0.717, 1.165) is 50.1 Å². The summed E-state index contributed by atoms with van der Waals surface area (Å²) in [5, 5.41) is 6.87. The highest BCUT2D eigenvalue weighted by molar-refractivity contribution is 7.13. The van der Waals surface area contributed by atoms with Crippen LogP contribution in [-0.2, 0) is 0 Å². The molecular weight excluding hydrogens is 505 g/mol. The summed E-state index contributed by atoms with van der Waals surface area (Å²) >= 11 is 2.98. The Morgan fingerprint density at radius 3 is 2.00 bits per heavy atom. The smallest absolute Gasteiger partial charge is 0.148 e. The van der Waals surface area contributed by atoms with Gasteiger partial charge < -0.3 is 0 Å². The number of imidazole rings is 1. The van der Waals surface area contributed by atoms with Gasteiger partial charge in [0.05, 0.1) is 22.8 Å². The van der Waals surface area contributed by atoms with Gasteiger partial charge in [-0.05, 0) is 47.3 Å². The van der Waals surface area contributed by atoms with E-state index in [4.69, 9.17) is 13.7 Å². The van der Waals surface area contributed by atoms with E-state index in [0.29, 0.717) is 0 Å². The van der Waals surface area contributed by atoms with Gasteiger partial charge in [-0.2, -0.15) is 8.75 Å². The number of rotatable bonds is 3. The van der Waals surface area contributed by atoms with Crippen molar-refractivity contribution in [3.63, 3.8) is 0 Å². The Kier molecular flexibility index (Phi) is 4.74. The van der Waals surface area contributed by atoms with E-state index >= 15 is 0 Å². The standard InChI is InChI=1S/C32H20N4S2/c1-19-12-14-20(15-13-19)36-31-24-10-5-3-8-22(24)21-7-2-4-9-23(21)30(31)33-32(36)26-17-16-25(27-11-6-18-37-27)28-29(26)35-38-34-28/h2-18H,1H3. The van der Waals surface area contributed by atoms with Gasteiger partial charge in [0.15, 0.2) is 0 Å². The first-order valence-corrected chi connectivity index (χ1v) is 14.1.